The van der Waals surface area contributed by atoms with Crippen molar-refractivity contribution in [2.24, 2.45) is 21.7 Å². The molecule has 6 nitrogen and oxygen atoms in total. The number of hydrazone groups is 2. The molecule has 1 aromatic rings. The Balaban J connectivity index is 2.67. The van der Waals surface area contributed by atoms with E-state index in [-0.39, 0.29) is 10.2 Å². The summed E-state index contributed by atoms with van der Waals surface area (Å²) < 4.78 is 0. The lowest BCUT2D eigenvalue weighted by molar-refractivity contribution is 1.04. The van der Waals surface area contributed by atoms with Gasteiger partial charge < -0.3 is 11.5 Å². The molecule has 0 aliphatic heterocycles. The van der Waals surface area contributed by atoms with Crippen LogP contribution >= 0.6 is 24.4 Å². The van der Waals surface area contributed by atoms with Crippen molar-refractivity contribution < 1.29 is 0 Å². The van der Waals surface area contributed by atoms with Gasteiger partial charge in [-0.15, -0.1) is 0 Å². The Labute approximate surface area is 115 Å². The third kappa shape index (κ3) is 5.87. The largest absolute Gasteiger partial charge is 0.375 e. The molecule has 0 aliphatic rings. The third-order valence-corrected chi connectivity index (χ3v) is 1.87. The fraction of sp³-hybridized carbons (Fsp3) is 0. The van der Waals surface area contributed by atoms with Gasteiger partial charge in [-0.05, 0) is 41.6 Å². The first-order valence-electron chi connectivity index (χ1n) is 4.85. The lowest BCUT2D eigenvalue weighted by Crippen LogP contribution is -2.24. The van der Waals surface area contributed by atoms with E-state index in [2.05, 4.69) is 45.5 Å². The minimum absolute atomic E-state index is 0.115. The molecule has 0 unspecified atom stereocenters. The van der Waals surface area contributed by atoms with Gasteiger partial charge in [0.15, 0.2) is 10.2 Å². The van der Waals surface area contributed by atoms with Crippen molar-refractivity contribution in [3.05, 3.63) is 35.4 Å². The highest BCUT2D eigenvalue weighted by atomic mass is 32.1. The van der Waals surface area contributed by atoms with Gasteiger partial charge in [0.05, 0.1) is 12.4 Å². The van der Waals surface area contributed by atoms with Gasteiger partial charge in [-0.1, -0.05) is 18.2 Å². The summed E-state index contributed by atoms with van der Waals surface area (Å²) in [6, 6.07) is 7.49. The van der Waals surface area contributed by atoms with Crippen molar-refractivity contribution in [3.63, 3.8) is 0 Å². The molecule has 1 aromatic carbocycles. The highest BCUT2D eigenvalue weighted by molar-refractivity contribution is 7.80. The van der Waals surface area contributed by atoms with E-state index in [1.165, 1.54) is 0 Å². The van der Waals surface area contributed by atoms with Gasteiger partial charge >= 0.3 is 0 Å². The van der Waals surface area contributed by atoms with Crippen LogP contribution in [0.15, 0.2) is 34.5 Å². The first kappa shape index (κ1) is 14.0. The number of hydrogen-bond donors (Lipinski definition) is 4. The summed E-state index contributed by atoms with van der Waals surface area (Å²) in [7, 11) is 0. The van der Waals surface area contributed by atoms with Crippen LogP contribution in [0.2, 0.25) is 0 Å². The normalized spacial score (nSPS) is 10.7. The Hall–Kier alpha value is -2.06. The van der Waals surface area contributed by atoms with Gasteiger partial charge in [-0.2, -0.15) is 10.2 Å². The first-order valence-corrected chi connectivity index (χ1v) is 5.66. The quantitative estimate of drug-likeness (QED) is 0.352. The monoisotopic (exact) mass is 280 g/mol. The van der Waals surface area contributed by atoms with Crippen molar-refractivity contribution in [3.8, 4) is 0 Å². The van der Waals surface area contributed by atoms with Gasteiger partial charge in [-0.25, -0.2) is 0 Å². The van der Waals surface area contributed by atoms with Crippen molar-refractivity contribution >= 4 is 47.1 Å². The molecule has 0 spiro atoms. The van der Waals surface area contributed by atoms with Crippen LogP contribution in [0.4, 0.5) is 0 Å². The van der Waals surface area contributed by atoms with Crippen molar-refractivity contribution in [1.29, 1.82) is 0 Å². The molecule has 0 saturated carbocycles. The molecule has 0 atom stereocenters. The summed E-state index contributed by atoms with van der Waals surface area (Å²) in [5.41, 5.74) is 17.2. The number of nitrogens with zero attached hydrogens (tertiary/aromatic N) is 2. The van der Waals surface area contributed by atoms with E-state index in [1.54, 1.807) is 12.4 Å². The van der Waals surface area contributed by atoms with Crippen LogP contribution in [0, 0.1) is 0 Å². The number of hydrogen-bond acceptors (Lipinski definition) is 4. The van der Waals surface area contributed by atoms with Crippen molar-refractivity contribution in [2.75, 3.05) is 0 Å². The molecule has 6 N–H and O–H groups in total. The van der Waals surface area contributed by atoms with Crippen LogP contribution in [0.5, 0.6) is 0 Å². The molecular formula is C10H12N6S2. The second-order valence-corrected chi connectivity index (χ2v) is 4.02. The number of benzene rings is 1. The SMILES string of the molecule is NC(=S)N/N=C\c1cccc(/C=N\NC(N)=S)c1. The molecule has 0 bridgehead atoms. The molecule has 18 heavy (non-hydrogen) atoms. The summed E-state index contributed by atoms with van der Waals surface area (Å²) in [6.45, 7) is 0. The highest BCUT2D eigenvalue weighted by Crippen LogP contribution is 2.00. The third-order valence-electron chi connectivity index (χ3n) is 1.69. The van der Waals surface area contributed by atoms with Crippen molar-refractivity contribution in [2.45, 2.75) is 0 Å². The molecule has 0 radical (unpaired) electrons. The molecule has 0 fully saturated rings. The minimum atomic E-state index is 0.115. The van der Waals surface area contributed by atoms with Gasteiger partial charge in [-0.3, -0.25) is 10.9 Å². The van der Waals surface area contributed by atoms with Crippen LogP contribution in [0.1, 0.15) is 11.1 Å². The predicted octanol–water partition coefficient (Wildman–Crippen LogP) is 0.0208. The van der Waals surface area contributed by atoms with E-state index in [4.69, 9.17) is 11.5 Å². The molecule has 94 valence electrons. The first-order chi connectivity index (χ1) is 8.58. The number of nitrogens with two attached hydrogens (primary N) is 2. The summed E-state index contributed by atoms with van der Waals surface area (Å²) in [5.74, 6) is 0. The van der Waals surface area contributed by atoms with E-state index in [0.717, 1.165) is 11.1 Å². The molecule has 0 heterocycles. The van der Waals surface area contributed by atoms with Crippen LogP contribution in [-0.2, 0) is 0 Å². The molecule has 0 amide bonds. The molecule has 0 aliphatic carbocycles. The number of thiocarbonyl (C=S) groups is 2. The standard InChI is InChI=1S/C10H12N6S2/c11-9(17)15-13-5-7-2-1-3-8(4-7)6-14-16-10(12)18/h1-6H,(H3,11,15,17)(H3,12,16,18)/b13-5-,14-6-. The molecule has 0 saturated heterocycles. The van der Waals surface area contributed by atoms with Gasteiger partial charge in [0, 0.05) is 0 Å². The predicted molar refractivity (Wildman–Crippen MR) is 81.5 cm³/mol. The maximum Gasteiger partial charge on any atom is 0.184 e. The second-order valence-electron chi connectivity index (χ2n) is 3.14. The zero-order valence-electron chi connectivity index (χ0n) is 9.33. The average Bonchev–Trinajstić information content (AvgIpc) is 2.28. The topological polar surface area (TPSA) is 101 Å². The Kier molecular flexibility index (Phi) is 5.68. The number of rotatable bonds is 4. The maximum absolute atomic E-state index is 5.23. The fourth-order valence-corrected chi connectivity index (χ4v) is 1.17. The Morgan fingerprint density at radius 2 is 1.44 bits per heavy atom. The zero-order chi connectivity index (χ0) is 13.4. The lowest BCUT2D eigenvalue weighted by Gasteiger charge is -1.98. The average molecular weight is 280 g/mol. The van der Waals surface area contributed by atoms with Crippen LogP contribution in [0.25, 0.3) is 0 Å². The molecule has 8 heteroatoms. The van der Waals surface area contributed by atoms with Gasteiger partial charge in [0.2, 0.25) is 0 Å². The molecule has 0 aromatic heterocycles. The van der Waals surface area contributed by atoms with Crippen LogP contribution in [-0.4, -0.2) is 22.7 Å². The minimum Gasteiger partial charge on any atom is -0.375 e. The van der Waals surface area contributed by atoms with Gasteiger partial charge in [0.25, 0.3) is 0 Å². The number of nitrogens with one attached hydrogen (secondary N) is 2. The summed E-state index contributed by atoms with van der Waals surface area (Å²) in [4.78, 5) is 0. The fourth-order valence-electron chi connectivity index (χ4n) is 1.06. The molecule has 1 rings (SSSR count). The van der Waals surface area contributed by atoms with E-state index < -0.39 is 0 Å². The van der Waals surface area contributed by atoms with E-state index >= 15 is 0 Å². The summed E-state index contributed by atoms with van der Waals surface area (Å²) >= 11 is 9.24. The second kappa shape index (κ2) is 7.30. The van der Waals surface area contributed by atoms with Gasteiger partial charge in [0.1, 0.15) is 0 Å². The van der Waals surface area contributed by atoms with Crippen LogP contribution < -0.4 is 22.3 Å². The van der Waals surface area contributed by atoms with E-state index in [0.29, 0.717) is 0 Å². The van der Waals surface area contributed by atoms with E-state index in [1.807, 2.05) is 24.3 Å². The van der Waals surface area contributed by atoms with E-state index in [9.17, 15) is 0 Å². The Morgan fingerprint density at radius 1 is 1.00 bits per heavy atom. The Bertz CT molecular complexity index is 456. The summed E-state index contributed by atoms with van der Waals surface area (Å²) in [6.07, 6.45) is 3.19. The zero-order valence-corrected chi connectivity index (χ0v) is 11.0. The maximum atomic E-state index is 5.23. The van der Waals surface area contributed by atoms with Crippen LogP contribution in [0.3, 0.4) is 0 Å². The Morgan fingerprint density at radius 3 is 1.83 bits per heavy atom. The lowest BCUT2D eigenvalue weighted by atomic mass is 10.1. The molecular weight excluding hydrogens is 268 g/mol. The highest BCUT2D eigenvalue weighted by Gasteiger charge is 1.91. The summed E-state index contributed by atoms with van der Waals surface area (Å²) in [5, 5.41) is 7.93. The van der Waals surface area contributed by atoms with Crippen molar-refractivity contribution in [1.82, 2.24) is 10.9 Å². The smallest absolute Gasteiger partial charge is 0.184 e.